The van der Waals surface area contributed by atoms with Crippen molar-refractivity contribution in [3.8, 4) is 11.8 Å². The zero-order valence-corrected chi connectivity index (χ0v) is 9.40. The first-order chi connectivity index (χ1) is 7.66. The monoisotopic (exact) mass is 256 g/mol. The number of ether oxygens (including phenoxy) is 1. The van der Waals surface area contributed by atoms with Crippen LogP contribution in [-0.4, -0.2) is 15.0 Å². The third kappa shape index (κ3) is 2.32. The minimum Gasteiger partial charge on any atom is -0.423 e. The molecule has 16 heavy (non-hydrogen) atoms. The summed E-state index contributed by atoms with van der Waals surface area (Å²) in [7, 11) is 0. The minimum atomic E-state index is 0.137. The van der Waals surface area contributed by atoms with Crippen molar-refractivity contribution < 1.29 is 4.74 Å². The van der Waals surface area contributed by atoms with Gasteiger partial charge in [-0.3, -0.25) is 0 Å². The van der Waals surface area contributed by atoms with Crippen LogP contribution in [0.25, 0.3) is 0 Å². The van der Waals surface area contributed by atoms with Gasteiger partial charge in [0.25, 0.3) is 0 Å². The number of rotatable bonds is 2. The smallest absolute Gasteiger partial charge is 0.322 e. The Balaban J connectivity index is 2.27. The van der Waals surface area contributed by atoms with Crippen molar-refractivity contribution in [3.05, 3.63) is 34.8 Å². The number of nitrogens with two attached hydrogens (primary N) is 1. The molecular weight excluding hydrogens is 251 g/mol. The fraction of sp³-hybridized carbons (Fsp3) is 0. The van der Waals surface area contributed by atoms with Gasteiger partial charge >= 0.3 is 6.01 Å². The van der Waals surface area contributed by atoms with Crippen molar-refractivity contribution in [1.29, 1.82) is 0 Å². The van der Waals surface area contributed by atoms with Crippen LogP contribution in [0, 0.1) is 0 Å². The van der Waals surface area contributed by atoms with Crippen LogP contribution in [0.1, 0.15) is 0 Å². The maximum absolute atomic E-state index is 5.87. The molecule has 0 aliphatic heterocycles. The molecule has 0 amide bonds. The molecule has 0 spiro atoms. The summed E-state index contributed by atoms with van der Waals surface area (Å²) in [6.45, 7) is 0. The average Bonchev–Trinajstić information content (AvgIpc) is 2.28. The number of halogens is 2. The first-order valence-corrected chi connectivity index (χ1v) is 4.98. The molecule has 0 unspecified atom stereocenters. The highest BCUT2D eigenvalue weighted by Crippen LogP contribution is 2.31. The zero-order valence-electron chi connectivity index (χ0n) is 7.89. The van der Waals surface area contributed by atoms with Crippen molar-refractivity contribution in [3.63, 3.8) is 0 Å². The lowest BCUT2D eigenvalue weighted by Gasteiger charge is -2.05. The Kier molecular flexibility index (Phi) is 3.07. The molecule has 0 fully saturated rings. The second-order valence-electron chi connectivity index (χ2n) is 2.81. The van der Waals surface area contributed by atoms with Crippen LogP contribution in [0.3, 0.4) is 0 Å². The van der Waals surface area contributed by atoms with E-state index in [0.29, 0.717) is 11.4 Å². The molecule has 0 aliphatic rings. The van der Waals surface area contributed by atoms with Gasteiger partial charge in [0, 0.05) is 12.3 Å². The Hall–Kier alpha value is -1.59. The van der Waals surface area contributed by atoms with Crippen LogP contribution in [0.15, 0.2) is 24.7 Å². The lowest BCUT2D eigenvalue weighted by atomic mass is 10.4. The summed E-state index contributed by atoms with van der Waals surface area (Å²) >= 11 is 11.6. The van der Waals surface area contributed by atoms with Crippen molar-refractivity contribution in [2.45, 2.75) is 0 Å². The van der Waals surface area contributed by atoms with E-state index in [1.54, 1.807) is 6.07 Å². The molecule has 0 aromatic carbocycles. The van der Waals surface area contributed by atoms with Gasteiger partial charge in [0.15, 0.2) is 10.9 Å². The SMILES string of the molecule is Nc1cnc(Oc2ccnc(Cl)c2Cl)nc1. The second-order valence-corrected chi connectivity index (χ2v) is 3.55. The van der Waals surface area contributed by atoms with E-state index in [1.807, 2.05) is 0 Å². The van der Waals surface area contributed by atoms with Crippen LogP contribution in [0.4, 0.5) is 5.69 Å². The van der Waals surface area contributed by atoms with Crippen LogP contribution < -0.4 is 10.5 Å². The standard InChI is InChI=1S/C9H6Cl2N4O/c10-7-6(1-2-13-8(7)11)16-9-14-3-5(12)4-15-9/h1-4H,12H2. The topological polar surface area (TPSA) is 73.9 Å². The number of aromatic nitrogens is 3. The summed E-state index contributed by atoms with van der Waals surface area (Å²) in [4.78, 5) is 11.5. The maximum Gasteiger partial charge on any atom is 0.322 e. The van der Waals surface area contributed by atoms with Gasteiger partial charge in [0.1, 0.15) is 5.02 Å². The van der Waals surface area contributed by atoms with Gasteiger partial charge in [-0.25, -0.2) is 15.0 Å². The van der Waals surface area contributed by atoms with E-state index in [2.05, 4.69) is 15.0 Å². The lowest BCUT2D eigenvalue weighted by molar-refractivity contribution is 0.442. The minimum absolute atomic E-state index is 0.137. The highest BCUT2D eigenvalue weighted by atomic mass is 35.5. The number of hydrogen-bond acceptors (Lipinski definition) is 5. The van der Waals surface area contributed by atoms with Crippen LogP contribution in [-0.2, 0) is 0 Å². The first-order valence-electron chi connectivity index (χ1n) is 4.22. The van der Waals surface area contributed by atoms with Crippen molar-refractivity contribution in [2.24, 2.45) is 0 Å². The van der Waals surface area contributed by atoms with E-state index >= 15 is 0 Å². The molecule has 0 saturated heterocycles. The average molecular weight is 257 g/mol. The molecule has 2 N–H and O–H groups in total. The van der Waals surface area contributed by atoms with Gasteiger partial charge in [0.05, 0.1) is 18.1 Å². The molecule has 0 atom stereocenters. The largest absolute Gasteiger partial charge is 0.423 e. The first kappa shape index (κ1) is 10.9. The van der Waals surface area contributed by atoms with Crippen LogP contribution in [0.5, 0.6) is 11.8 Å². The van der Waals surface area contributed by atoms with Gasteiger partial charge in [0.2, 0.25) is 0 Å². The van der Waals surface area contributed by atoms with Crippen molar-refractivity contribution in [1.82, 2.24) is 15.0 Å². The molecular formula is C9H6Cl2N4O. The number of nitrogen functional groups attached to an aromatic ring is 1. The fourth-order valence-electron chi connectivity index (χ4n) is 0.958. The van der Waals surface area contributed by atoms with E-state index in [4.69, 9.17) is 33.7 Å². The summed E-state index contributed by atoms with van der Waals surface area (Å²) in [6.07, 6.45) is 4.33. The number of anilines is 1. The van der Waals surface area contributed by atoms with Crippen molar-refractivity contribution >= 4 is 28.9 Å². The highest BCUT2D eigenvalue weighted by molar-refractivity contribution is 6.42. The van der Waals surface area contributed by atoms with Gasteiger partial charge in [-0.1, -0.05) is 23.2 Å². The van der Waals surface area contributed by atoms with E-state index in [-0.39, 0.29) is 16.2 Å². The Labute approximate surface area is 101 Å². The summed E-state index contributed by atoms with van der Waals surface area (Å²) in [5, 5.41) is 0.374. The molecule has 2 heterocycles. The molecule has 0 bridgehead atoms. The molecule has 82 valence electrons. The van der Waals surface area contributed by atoms with Gasteiger partial charge in [-0.05, 0) is 0 Å². The molecule has 2 aromatic rings. The summed E-state index contributed by atoms with van der Waals surface area (Å²) in [5.41, 5.74) is 5.89. The number of hydrogen-bond donors (Lipinski definition) is 1. The van der Waals surface area contributed by atoms with Gasteiger partial charge < -0.3 is 10.5 Å². The van der Waals surface area contributed by atoms with Crippen molar-refractivity contribution in [2.75, 3.05) is 5.73 Å². The quantitative estimate of drug-likeness (QED) is 0.837. The van der Waals surface area contributed by atoms with Gasteiger partial charge in [-0.15, -0.1) is 0 Å². The van der Waals surface area contributed by atoms with E-state index in [1.165, 1.54) is 18.6 Å². The number of pyridine rings is 1. The summed E-state index contributed by atoms with van der Waals surface area (Å²) in [6, 6.07) is 1.70. The Morgan fingerprint density at radius 2 is 1.81 bits per heavy atom. The molecule has 2 rings (SSSR count). The van der Waals surface area contributed by atoms with Gasteiger partial charge in [-0.2, -0.15) is 0 Å². The second kappa shape index (κ2) is 4.51. The summed E-state index contributed by atoms with van der Waals surface area (Å²) < 4.78 is 5.31. The molecule has 7 heteroatoms. The Morgan fingerprint density at radius 3 is 2.50 bits per heavy atom. The molecule has 0 radical (unpaired) electrons. The molecule has 5 nitrogen and oxygen atoms in total. The third-order valence-electron chi connectivity index (χ3n) is 1.66. The van der Waals surface area contributed by atoms with E-state index in [9.17, 15) is 0 Å². The third-order valence-corrected chi connectivity index (χ3v) is 2.41. The highest BCUT2D eigenvalue weighted by Gasteiger charge is 2.08. The van der Waals surface area contributed by atoms with E-state index in [0.717, 1.165) is 0 Å². The normalized spacial score (nSPS) is 10.1. The predicted molar refractivity (Wildman–Crippen MR) is 60.8 cm³/mol. The lowest BCUT2D eigenvalue weighted by Crippen LogP contribution is -1.94. The predicted octanol–water partition coefficient (Wildman–Crippen LogP) is 2.55. The molecule has 0 aliphatic carbocycles. The molecule has 0 saturated carbocycles. The van der Waals surface area contributed by atoms with E-state index < -0.39 is 0 Å². The maximum atomic E-state index is 5.87. The number of nitrogens with zero attached hydrogens (tertiary/aromatic N) is 3. The zero-order chi connectivity index (χ0) is 11.5. The summed E-state index contributed by atoms with van der Waals surface area (Å²) in [5.74, 6) is 0.339. The van der Waals surface area contributed by atoms with Crippen LogP contribution in [0.2, 0.25) is 10.2 Å². The Bertz CT molecular complexity index is 503. The Morgan fingerprint density at radius 1 is 1.12 bits per heavy atom. The fourth-order valence-corrected chi connectivity index (χ4v) is 1.26. The van der Waals surface area contributed by atoms with Crippen LogP contribution >= 0.6 is 23.2 Å². The molecule has 2 aromatic heterocycles.